The van der Waals surface area contributed by atoms with Gasteiger partial charge in [0.2, 0.25) is 0 Å². The van der Waals surface area contributed by atoms with Gasteiger partial charge in [-0.3, -0.25) is 4.98 Å². The van der Waals surface area contributed by atoms with E-state index < -0.39 is 0 Å². The van der Waals surface area contributed by atoms with Gasteiger partial charge in [-0.25, -0.2) is 4.98 Å². The molecule has 0 aliphatic carbocycles. The van der Waals surface area contributed by atoms with Gasteiger partial charge in [0.05, 0.1) is 12.4 Å². The van der Waals surface area contributed by atoms with E-state index in [0.29, 0.717) is 27.2 Å². The highest BCUT2D eigenvalue weighted by atomic mass is 32.2. The quantitative estimate of drug-likeness (QED) is 0.550. The van der Waals surface area contributed by atoms with E-state index in [1.165, 1.54) is 11.8 Å². The van der Waals surface area contributed by atoms with Crippen LogP contribution in [0.3, 0.4) is 0 Å². The molecule has 20 heavy (non-hydrogen) atoms. The zero-order valence-corrected chi connectivity index (χ0v) is 10.8. The number of rotatable bonds is 2. The summed E-state index contributed by atoms with van der Waals surface area (Å²) in [5, 5.41) is 12.5. The Morgan fingerprint density at radius 1 is 1.25 bits per heavy atom. The lowest BCUT2D eigenvalue weighted by atomic mass is 10.3. The summed E-state index contributed by atoms with van der Waals surface area (Å²) >= 11 is 1.29. The number of nitrogens with zero attached hydrogens (tertiary/aromatic N) is 6. The number of tetrazole rings is 1. The predicted octanol–water partition coefficient (Wildman–Crippen LogP) is 1.39. The van der Waals surface area contributed by atoms with E-state index in [4.69, 9.17) is 10.2 Å². The van der Waals surface area contributed by atoms with Crippen molar-refractivity contribution in [3.63, 3.8) is 0 Å². The standard InChI is InChI=1S/C11H7N7OS/c12-6-1-2-7-8(3-6)19-11(14-7)20-10-5-13-4-9-15-16-17-18(9)10/h1-5H,12H2. The molecule has 0 atom stereocenters. The van der Waals surface area contributed by atoms with Gasteiger partial charge < -0.3 is 10.2 Å². The van der Waals surface area contributed by atoms with Crippen molar-refractivity contribution in [2.24, 2.45) is 0 Å². The van der Waals surface area contributed by atoms with Crippen molar-refractivity contribution in [2.75, 3.05) is 5.73 Å². The molecule has 0 fully saturated rings. The lowest BCUT2D eigenvalue weighted by Crippen LogP contribution is -1.93. The summed E-state index contributed by atoms with van der Waals surface area (Å²) in [4.78, 5) is 8.45. The number of anilines is 1. The van der Waals surface area contributed by atoms with Gasteiger partial charge >= 0.3 is 0 Å². The van der Waals surface area contributed by atoms with Crippen molar-refractivity contribution in [3.05, 3.63) is 30.6 Å². The summed E-state index contributed by atoms with van der Waals surface area (Å²) in [7, 11) is 0. The summed E-state index contributed by atoms with van der Waals surface area (Å²) in [6, 6.07) is 5.33. The van der Waals surface area contributed by atoms with Crippen LogP contribution in [0, 0.1) is 0 Å². The zero-order valence-electron chi connectivity index (χ0n) is 9.96. The Morgan fingerprint density at radius 2 is 2.20 bits per heavy atom. The van der Waals surface area contributed by atoms with Gasteiger partial charge in [-0.2, -0.15) is 4.52 Å². The fraction of sp³-hybridized carbons (Fsp3) is 0. The number of nitrogen functional groups attached to an aromatic ring is 1. The molecule has 0 radical (unpaired) electrons. The van der Waals surface area contributed by atoms with Crippen LogP contribution in [0.5, 0.6) is 0 Å². The van der Waals surface area contributed by atoms with E-state index in [2.05, 4.69) is 25.5 Å². The van der Waals surface area contributed by atoms with Crippen LogP contribution in [0.1, 0.15) is 0 Å². The van der Waals surface area contributed by atoms with E-state index in [9.17, 15) is 0 Å². The lowest BCUT2D eigenvalue weighted by molar-refractivity contribution is 0.489. The van der Waals surface area contributed by atoms with Gasteiger partial charge in [0.1, 0.15) is 10.5 Å². The smallest absolute Gasteiger partial charge is 0.263 e. The summed E-state index contributed by atoms with van der Waals surface area (Å²) in [6.07, 6.45) is 3.23. The molecule has 4 rings (SSSR count). The minimum atomic E-state index is 0.482. The largest absolute Gasteiger partial charge is 0.431 e. The van der Waals surface area contributed by atoms with E-state index in [1.54, 1.807) is 29.0 Å². The van der Waals surface area contributed by atoms with Gasteiger partial charge in [0, 0.05) is 11.8 Å². The third kappa shape index (κ3) is 1.75. The second kappa shape index (κ2) is 4.17. The lowest BCUT2D eigenvalue weighted by Gasteiger charge is -1.97. The molecule has 0 saturated heterocycles. The van der Waals surface area contributed by atoms with Crippen LogP contribution in [0.15, 0.2) is 45.3 Å². The first-order valence-electron chi connectivity index (χ1n) is 5.65. The molecule has 0 aliphatic rings. The highest BCUT2D eigenvalue weighted by Crippen LogP contribution is 2.29. The maximum absolute atomic E-state index is 5.71. The van der Waals surface area contributed by atoms with Crippen molar-refractivity contribution < 1.29 is 4.42 Å². The van der Waals surface area contributed by atoms with Gasteiger partial charge in [-0.1, -0.05) is 0 Å². The molecule has 9 heteroatoms. The van der Waals surface area contributed by atoms with Gasteiger partial charge in [-0.05, 0) is 34.3 Å². The van der Waals surface area contributed by atoms with E-state index in [-0.39, 0.29) is 0 Å². The van der Waals surface area contributed by atoms with Gasteiger partial charge in [-0.15, -0.1) is 5.10 Å². The summed E-state index contributed by atoms with van der Waals surface area (Å²) in [5.41, 5.74) is 8.30. The fourth-order valence-corrected chi connectivity index (χ4v) is 2.56. The highest BCUT2D eigenvalue weighted by molar-refractivity contribution is 7.99. The third-order valence-corrected chi connectivity index (χ3v) is 3.50. The molecule has 0 aliphatic heterocycles. The molecule has 0 bridgehead atoms. The first-order valence-corrected chi connectivity index (χ1v) is 6.47. The number of hydrogen-bond acceptors (Lipinski definition) is 8. The normalized spacial score (nSPS) is 11.4. The van der Waals surface area contributed by atoms with Crippen LogP contribution in [0.4, 0.5) is 5.69 Å². The molecule has 0 spiro atoms. The molecule has 3 heterocycles. The zero-order chi connectivity index (χ0) is 13.5. The molecule has 3 aromatic heterocycles. The summed E-state index contributed by atoms with van der Waals surface area (Å²) < 4.78 is 7.21. The number of aromatic nitrogens is 6. The maximum atomic E-state index is 5.71. The number of benzene rings is 1. The van der Waals surface area contributed by atoms with Gasteiger partial charge in [0.15, 0.2) is 11.2 Å². The Balaban J connectivity index is 1.78. The van der Waals surface area contributed by atoms with Crippen molar-refractivity contribution in [1.29, 1.82) is 0 Å². The van der Waals surface area contributed by atoms with E-state index in [0.717, 1.165) is 5.52 Å². The van der Waals surface area contributed by atoms with Crippen LogP contribution in [0.2, 0.25) is 0 Å². The number of hydrogen-bond donors (Lipinski definition) is 1. The van der Waals surface area contributed by atoms with Crippen molar-refractivity contribution in [3.8, 4) is 0 Å². The molecule has 98 valence electrons. The molecule has 1 aromatic carbocycles. The fourth-order valence-electron chi connectivity index (χ4n) is 1.78. The second-order valence-electron chi connectivity index (χ2n) is 4.00. The highest BCUT2D eigenvalue weighted by Gasteiger charge is 2.11. The molecule has 0 saturated carbocycles. The Hall–Kier alpha value is -2.68. The number of fused-ring (bicyclic) bond motifs is 2. The average molecular weight is 285 g/mol. The monoisotopic (exact) mass is 285 g/mol. The molecule has 0 amide bonds. The van der Waals surface area contributed by atoms with Crippen molar-refractivity contribution in [2.45, 2.75) is 10.2 Å². The Bertz CT molecular complexity index is 915. The molecule has 8 nitrogen and oxygen atoms in total. The molecular formula is C11H7N7OS. The summed E-state index contributed by atoms with van der Waals surface area (Å²) in [6.45, 7) is 0. The van der Waals surface area contributed by atoms with Crippen molar-refractivity contribution >= 4 is 34.2 Å². The first-order chi connectivity index (χ1) is 9.79. The molecule has 2 N–H and O–H groups in total. The molecular weight excluding hydrogens is 278 g/mol. The van der Waals surface area contributed by atoms with Crippen LogP contribution in [0.25, 0.3) is 16.7 Å². The van der Waals surface area contributed by atoms with E-state index in [1.807, 2.05) is 6.07 Å². The van der Waals surface area contributed by atoms with Crippen LogP contribution in [-0.2, 0) is 0 Å². The first kappa shape index (κ1) is 11.2. The minimum Gasteiger partial charge on any atom is -0.431 e. The second-order valence-corrected chi connectivity index (χ2v) is 4.98. The Kier molecular flexibility index (Phi) is 2.33. The third-order valence-electron chi connectivity index (χ3n) is 2.66. The van der Waals surface area contributed by atoms with Crippen LogP contribution >= 0.6 is 11.8 Å². The average Bonchev–Trinajstić information content (AvgIpc) is 3.04. The minimum absolute atomic E-state index is 0.482. The number of oxazole rings is 1. The Labute approximate surface area is 116 Å². The van der Waals surface area contributed by atoms with Crippen molar-refractivity contribution in [1.82, 2.24) is 30.0 Å². The predicted molar refractivity (Wildman–Crippen MR) is 71.1 cm³/mol. The Morgan fingerprint density at radius 3 is 3.15 bits per heavy atom. The maximum Gasteiger partial charge on any atom is 0.263 e. The van der Waals surface area contributed by atoms with E-state index >= 15 is 0 Å². The molecule has 4 aromatic rings. The SMILES string of the molecule is Nc1ccc2nc(Sc3cncc4nnnn34)oc2c1. The van der Waals surface area contributed by atoms with Crippen LogP contribution in [-0.4, -0.2) is 30.0 Å². The summed E-state index contributed by atoms with van der Waals surface area (Å²) in [5.74, 6) is 0. The number of nitrogens with two attached hydrogens (primary N) is 1. The topological polar surface area (TPSA) is 108 Å². The van der Waals surface area contributed by atoms with Crippen LogP contribution < -0.4 is 5.73 Å². The molecule has 0 unspecified atom stereocenters. The van der Waals surface area contributed by atoms with Gasteiger partial charge in [0.25, 0.3) is 5.22 Å².